The molecule has 0 bridgehead atoms. The van der Waals surface area contributed by atoms with Gasteiger partial charge in [0.25, 0.3) is 0 Å². The average Bonchev–Trinajstić information content (AvgIpc) is 2.63. The summed E-state index contributed by atoms with van der Waals surface area (Å²) in [6, 6.07) is 0.501. The Labute approximate surface area is 91.9 Å². The number of hydrogen-bond acceptors (Lipinski definition) is 3. The third-order valence-corrected chi connectivity index (χ3v) is 3.01. The molecule has 1 saturated carbocycles. The standard InChI is InChI=1S/C11H22N2O2/c1-12(2)7-8-13(9-11(14)15)10-5-3-4-6-10/h10H,3-9H2,1-2H3,(H,14,15). The summed E-state index contributed by atoms with van der Waals surface area (Å²) in [5, 5.41) is 8.85. The molecule has 0 saturated heterocycles. The molecule has 4 nitrogen and oxygen atoms in total. The van der Waals surface area contributed by atoms with Crippen LogP contribution >= 0.6 is 0 Å². The van der Waals surface area contributed by atoms with Crippen LogP contribution in [0.1, 0.15) is 25.7 Å². The lowest BCUT2D eigenvalue weighted by Gasteiger charge is -2.28. The molecule has 0 aromatic rings. The maximum atomic E-state index is 10.8. The van der Waals surface area contributed by atoms with E-state index in [1.807, 2.05) is 14.1 Å². The number of nitrogens with zero attached hydrogens (tertiary/aromatic N) is 2. The number of carboxylic acid groups (broad SMARTS) is 1. The molecule has 0 aliphatic heterocycles. The van der Waals surface area contributed by atoms with E-state index in [9.17, 15) is 4.79 Å². The first-order valence-corrected chi connectivity index (χ1v) is 5.70. The van der Waals surface area contributed by atoms with Crippen molar-refractivity contribution < 1.29 is 9.90 Å². The van der Waals surface area contributed by atoms with E-state index in [-0.39, 0.29) is 6.54 Å². The lowest BCUT2D eigenvalue weighted by molar-refractivity contribution is -0.139. The Hall–Kier alpha value is -0.610. The molecule has 1 aliphatic carbocycles. The molecule has 0 aromatic heterocycles. The molecule has 1 fully saturated rings. The molecule has 0 heterocycles. The highest BCUT2D eigenvalue weighted by Crippen LogP contribution is 2.22. The van der Waals surface area contributed by atoms with Gasteiger partial charge in [-0.25, -0.2) is 0 Å². The van der Waals surface area contributed by atoms with E-state index in [2.05, 4.69) is 9.80 Å². The molecular weight excluding hydrogens is 192 g/mol. The van der Waals surface area contributed by atoms with Crippen molar-refractivity contribution in [2.45, 2.75) is 31.7 Å². The van der Waals surface area contributed by atoms with Crippen LogP contribution < -0.4 is 0 Å². The second kappa shape index (κ2) is 6.08. The summed E-state index contributed by atoms with van der Waals surface area (Å²) in [5.41, 5.74) is 0. The smallest absolute Gasteiger partial charge is 0.317 e. The van der Waals surface area contributed by atoms with Crippen molar-refractivity contribution >= 4 is 5.97 Å². The van der Waals surface area contributed by atoms with Crippen LogP contribution in [0.2, 0.25) is 0 Å². The lowest BCUT2D eigenvalue weighted by atomic mass is 10.2. The van der Waals surface area contributed by atoms with Crippen molar-refractivity contribution in [1.82, 2.24) is 9.80 Å². The van der Waals surface area contributed by atoms with Crippen LogP contribution in [0.4, 0.5) is 0 Å². The van der Waals surface area contributed by atoms with E-state index in [1.165, 1.54) is 25.7 Å². The van der Waals surface area contributed by atoms with Gasteiger partial charge in [-0.3, -0.25) is 9.69 Å². The summed E-state index contributed by atoms with van der Waals surface area (Å²) in [4.78, 5) is 15.0. The number of hydrogen-bond donors (Lipinski definition) is 1. The number of rotatable bonds is 6. The predicted octanol–water partition coefficient (Wildman–Crippen LogP) is 0.877. The van der Waals surface area contributed by atoms with Crippen molar-refractivity contribution in [2.24, 2.45) is 0 Å². The quantitative estimate of drug-likeness (QED) is 0.713. The maximum Gasteiger partial charge on any atom is 0.317 e. The van der Waals surface area contributed by atoms with Crippen molar-refractivity contribution in [3.63, 3.8) is 0 Å². The molecule has 1 N–H and O–H groups in total. The summed E-state index contributed by atoms with van der Waals surface area (Å²) in [6.07, 6.45) is 4.84. The van der Waals surface area contributed by atoms with Gasteiger partial charge in [-0.2, -0.15) is 0 Å². The van der Waals surface area contributed by atoms with E-state index in [4.69, 9.17) is 5.11 Å². The monoisotopic (exact) mass is 214 g/mol. The molecule has 1 rings (SSSR count). The molecular formula is C11H22N2O2. The fraction of sp³-hybridized carbons (Fsp3) is 0.909. The Morgan fingerprint density at radius 1 is 1.27 bits per heavy atom. The van der Waals surface area contributed by atoms with Crippen LogP contribution in [0.5, 0.6) is 0 Å². The maximum absolute atomic E-state index is 10.8. The van der Waals surface area contributed by atoms with Gasteiger partial charge < -0.3 is 10.0 Å². The second-order valence-electron chi connectivity index (χ2n) is 4.61. The van der Waals surface area contributed by atoms with Gasteiger partial charge in [0.2, 0.25) is 0 Å². The minimum absolute atomic E-state index is 0.193. The first kappa shape index (κ1) is 12.5. The number of carboxylic acids is 1. The molecule has 0 unspecified atom stereocenters. The molecule has 4 heteroatoms. The lowest BCUT2D eigenvalue weighted by Crippen LogP contribution is -2.41. The van der Waals surface area contributed by atoms with Crippen LogP contribution in [0.25, 0.3) is 0 Å². The molecule has 0 radical (unpaired) electrons. The summed E-state index contributed by atoms with van der Waals surface area (Å²) >= 11 is 0. The normalized spacial score (nSPS) is 17.9. The largest absolute Gasteiger partial charge is 0.480 e. The minimum atomic E-state index is -0.708. The van der Waals surface area contributed by atoms with E-state index < -0.39 is 5.97 Å². The topological polar surface area (TPSA) is 43.8 Å². The van der Waals surface area contributed by atoms with E-state index >= 15 is 0 Å². The van der Waals surface area contributed by atoms with Crippen molar-refractivity contribution in [1.29, 1.82) is 0 Å². The fourth-order valence-electron chi connectivity index (χ4n) is 2.16. The van der Waals surface area contributed by atoms with Crippen molar-refractivity contribution in [3.8, 4) is 0 Å². The van der Waals surface area contributed by atoms with Crippen LogP contribution in [0, 0.1) is 0 Å². The Morgan fingerprint density at radius 3 is 2.33 bits per heavy atom. The number of aliphatic carboxylic acids is 1. The molecule has 15 heavy (non-hydrogen) atoms. The second-order valence-corrected chi connectivity index (χ2v) is 4.61. The Morgan fingerprint density at radius 2 is 1.87 bits per heavy atom. The molecule has 0 atom stereocenters. The van der Waals surface area contributed by atoms with Gasteiger partial charge in [0.15, 0.2) is 0 Å². The molecule has 0 spiro atoms. The highest BCUT2D eigenvalue weighted by molar-refractivity contribution is 5.69. The van der Waals surface area contributed by atoms with Crippen LogP contribution in [-0.2, 0) is 4.79 Å². The van der Waals surface area contributed by atoms with Gasteiger partial charge in [-0.1, -0.05) is 12.8 Å². The summed E-state index contributed by atoms with van der Waals surface area (Å²) in [6.45, 7) is 1.99. The first-order valence-electron chi connectivity index (χ1n) is 5.70. The Kier molecular flexibility index (Phi) is 5.05. The third-order valence-electron chi connectivity index (χ3n) is 3.01. The average molecular weight is 214 g/mol. The summed E-state index contributed by atoms with van der Waals surface area (Å²) in [5.74, 6) is -0.708. The van der Waals surface area contributed by atoms with Gasteiger partial charge in [0, 0.05) is 19.1 Å². The van der Waals surface area contributed by atoms with Crippen molar-refractivity contribution in [2.75, 3.05) is 33.7 Å². The minimum Gasteiger partial charge on any atom is -0.480 e. The van der Waals surface area contributed by atoms with Crippen LogP contribution in [-0.4, -0.2) is 60.6 Å². The first-order chi connectivity index (χ1) is 7.09. The zero-order chi connectivity index (χ0) is 11.3. The molecule has 0 aromatic carbocycles. The van der Waals surface area contributed by atoms with Gasteiger partial charge in [0.05, 0.1) is 6.54 Å². The summed E-state index contributed by atoms with van der Waals surface area (Å²) < 4.78 is 0. The SMILES string of the molecule is CN(C)CCN(CC(=O)O)C1CCCC1. The van der Waals surface area contributed by atoms with E-state index in [0.717, 1.165) is 13.1 Å². The Balaban J connectivity index is 2.40. The zero-order valence-corrected chi connectivity index (χ0v) is 9.78. The molecule has 88 valence electrons. The van der Waals surface area contributed by atoms with Gasteiger partial charge >= 0.3 is 5.97 Å². The fourth-order valence-corrected chi connectivity index (χ4v) is 2.16. The van der Waals surface area contributed by atoms with Crippen LogP contribution in [0.15, 0.2) is 0 Å². The van der Waals surface area contributed by atoms with Gasteiger partial charge in [-0.05, 0) is 26.9 Å². The van der Waals surface area contributed by atoms with E-state index in [0.29, 0.717) is 6.04 Å². The van der Waals surface area contributed by atoms with Gasteiger partial charge in [0.1, 0.15) is 0 Å². The highest BCUT2D eigenvalue weighted by Gasteiger charge is 2.23. The number of carbonyl (C=O) groups is 1. The molecule has 1 aliphatic rings. The van der Waals surface area contributed by atoms with Gasteiger partial charge in [-0.15, -0.1) is 0 Å². The summed E-state index contributed by atoms with van der Waals surface area (Å²) in [7, 11) is 4.04. The highest BCUT2D eigenvalue weighted by atomic mass is 16.4. The molecule has 0 amide bonds. The zero-order valence-electron chi connectivity index (χ0n) is 9.78. The Bertz CT molecular complexity index is 201. The number of likely N-dealkylation sites (N-methyl/N-ethyl adjacent to an activating group) is 1. The predicted molar refractivity (Wildman–Crippen MR) is 60.0 cm³/mol. The van der Waals surface area contributed by atoms with Crippen LogP contribution in [0.3, 0.4) is 0 Å². The third kappa shape index (κ3) is 4.62. The van der Waals surface area contributed by atoms with Crippen molar-refractivity contribution in [3.05, 3.63) is 0 Å². The van der Waals surface area contributed by atoms with E-state index in [1.54, 1.807) is 0 Å².